The zero-order valence-electron chi connectivity index (χ0n) is 8.86. The van der Waals surface area contributed by atoms with Crippen LogP contribution < -0.4 is 0 Å². The highest BCUT2D eigenvalue weighted by atomic mass is 35.5. The predicted octanol–water partition coefficient (Wildman–Crippen LogP) is 3.19. The summed E-state index contributed by atoms with van der Waals surface area (Å²) in [6.07, 6.45) is 0. The number of rotatable bonds is 2. The van der Waals surface area contributed by atoms with Crippen LogP contribution in [-0.4, -0.2) is 25.1 Å². The fourth-order valence-electron chi connectivity index (χ4n) is 1.37. The van der Waals surface area contributed by atoms with E-state index in [-0.39, 0.29) is 5.91 Å². The van der Waals surface area contributed by atoms with Gasteiger partial charge < -0.3 is 0 Å². The Hall–Kier alpha value is -1.10. The quantitative estimate of drug-likeness (QED) is 0.772. The van der Waals surface area contributed by atoms with Gasteiger partial charge in [-0.1, -0.05) is 23.7 Å². The zero-order chi connectivity index (χ0) is 11.7. The van der Waals surface area contributed by atoms with E-state index < -0.39 is 0 Å². The Morgan fingerprint density at radius 2 is 2.25 bits per heavy atom. The minimum absolute atomic E-state index is 0.167. The summed E-state index contributed by atoms with van der Waals surface area (Å²) in [4.78, 5) is 17.3. The minimum Gasteiger partial charge on any atom is -0.274 e. The van der Waals surface area contributed by atoms with E-state index in [1.807, 2.05) is 24.3 Å². The van der Waals surface area contributed by atoms with Gasteiger partial charge in [0.2, 0.25) is 0 Å². The first-order valence-electron chi connectivity index (χ1n) is 4.63. The highest BCUT2D eigenvalue weighted by Gasteiger charge is 2.15. The molecule has 5 heteroatoms. The van der Waals surface area contributed by atoms with Gasteiger partial charge in [0.1, 0.15) is 0 Å². The second kappa shape index (κ2) is 4.41. The summed E-state index contributed by atoms with van der Waals surface area (Å²) in [7, 11) is 3.03. The molecule has 0 unspecified atom stereocenters. The molecule has 0 fully saturated rings. The summed E-state index contributed by atoms with van der Waals surface area (Å²) < 4.78 is 0.928. The Morgan fingerprint density at radius 1 is 1.50 bits per heavy atom. The fourth-order valence-corrected chi connectivity index (χ4v) is 2.70. The van der Waals surface area contributed by atoms with Crippen molar-refractivity contribution < 1.29 is 9.63 Å². The van der Waals surface area contributed by atoms with Gasteiger partial charge >= 0.3 is 0 Å². The highest BCUT2D eigenvalue weighted by molar-refractivity contribution is 7.21. The number of carbonyl (C=O) groups is 1. The van der Waals surface area contributed by atoms with Crippen molar-refractivity contribution in [1.29, 1.82) is 0 Å². The monoisotopic (exact) mass is 255 g/mol. The highest BCUT2D eigenvalue weighted by Crippen LogP contribution is 2.32. The number of nitrogens with zero attached hydrogens (tertiary/aromatic N) is 1. The molecule has 0 saturated heterocycles. The smallest absolute Gasteiger partial charge is 0.274 e. The number of hydroxylamine groups is 2. The molecule has 1 amide bonds. The molecule has 0 aliphatic rings. The molecule has 0 bridgehead atoms. The first kappa shape index (κ1) is 11.4. The summed E-state index contributed by atoms with van der Waals surface area (Å²) in [6, 6.07) is 7.44. The maximum absolute atomic E-state index is 11.8. The lowest BCUT2D eigenvalue weighted by Crippen LogP contribution is -2.24. The lowest BCUT2D eigenvalue weighted by molar-refractivity contribution is -0.0753. The van der Waals surface area contributed by atoms with E-state index in [0.29, 0.717) is 9.90 Å². The van der Waals surface area contributed by atoms with Gasteiger partial charge in [-0.2, -0.15) is 0 Å². The third kappa shape index (κ3) is 1.91. The van der Waals surface area contributed by atoms with E-state index in [0.717, 1.165) is 10.1 Å². The van der Waals surface area contributed by atoms with E-state index >= 15 is 0 Å². The van der Waals surface area contributed by atoms with Crippen molar-refractivity contribution in [3.8, 4) is 0 Å². The average Bonchev–Trinajstić information content (AvgIpc) is 2.72. The minimum atomic E-state index is -0.167. The Bertz CT molecular complexity index is 538. The van der Waals surface area contributed by atoms with Gasteiger partial charge in [-0.25, -0.2) is 5.06 Å². The normalized spacial score (nSPS) is 10.7. The maximum Gasteiger partial charge on any atom is 0.287 e. The fraction of sp³-hybridized carbons (Fsp3) is 0.182. The van der Waals surface area contributed by atoms with Crippen molar-refractivity contribution in [2.45, 2.75) is 0 Å². The number of fused-ring (bicyclic) bond motifs is 1. The summed E-state index contributed by atoms with van der Waals surface area (Å²) in [5.41, 5.74) is 0. The molecule has 0 aliphatic heterocycles. The summed E-state index contributed by atoms with van der Waals surface area (Å²) in [5, 5.41) is 2.84. The van der Waals surface area contributed by atoms with E-state index in [1.54, 1.807) is 7.05 Å². The van der Waals surface area contributed by atoms with Crippen LogP contribution in [0.1, 0.15) is 9.67 Å². The molecule has 1 aromatic heterocycles. The summed E-state index contributed by atoms with van der Waals surface area (Å²) >= 11 is 7.42. The van der Waals surface area contributed by atoms with Gasteiger partial charge in [0.05, 0.1) is 21.7 Å². The van der Waals surface area contributed by atoms with Crippen molar-refractivity contribution in [2.75, 3.05) is 14.2 Å². The van der Waals surface area contributed by atoms with Gasteiger partial charge in [0.25, 0.3) is 5.91 Å². The molecule has 0 N–H and O–H groups in total. The largest absolute Gasteiger partial charge is 0.287 e. The molecule has 0 saturated carbocycles. The number of hydrogen-bond donors (Lipinski definition) is 0. The zero-order valence-corrected chi connectivity index (χ0v) is 10.4. The van der Waals surface area contributed by atoms with Crippen molar-refractivity contribution in [3.05, 3.63) is 34.2 Å². The first-order chi connectivity index (χ1) is 7.63. The van der Waals surface area contributed by atoms with Crippen molar-refractivity contribution in [2.24, 2.45) is 0 Å². The van der Waals surface area contributed by atoms with Crippen LogP contribution in [0, 0.1) is 0 Å². The Labute approximate surface area is 102 Å². The molecular weight excluding hydrogens is 246 g/mol. The van der Waals surface area contributed by atoms with E-state index in [4.69, 9.17) is 16.4 Å². The van der Waals surface area contributed by atoms with Crippen molar-refractivity contribution in [3.63, 3.8) is 0 Å². The molecule has 0 spiro atoms. The lowest BCUT2D eigenvalue weighted by Gasteiger charge is -2.11. The SMILES string of the molecule is CON(C)C(=O)c1cc2cccc(Cl)c2s1. The topological polar surface area (TPSA) is 29.5 Å². The van der Waals surface area contributed by atoms with Crippen LogP contribution in [0.5, 0.6) is 0 Å². The van der Waals surface area contributed by atoms with Gasteiger partial charge in [-0.3, -0.25) is 9.63 Å². The lowest BCUT2D eigenvalue weighted by atomic mass is 10.2. The molecule has 1 heterocycles. The summed E-state index contributed by atoms with van der Waals surface area (Å²) in [6.45, 7) is 0. The second-order valence-electron chi connectivity index (χ2n) is 3.25. The van der Waals surface area contributed by atoms with Gasteiger partial charge in [0.15, 0.2) is 0 Å². The van der Waals surface area contributed by atoms with E-state index in [2.05, 4.69) is 0 Å². The molecule has 16 heavy (non-hydrogen) atoms. The molecule has 84 valence electrons. The number of thiophene rings is 1. The second-order valence-corrected chi connectivity index (χ2v) is 4.71. The Kier molecular flexibility index (Phi) is 3.14. The molecule has 2 rings (SSSR count). The van der Waals surface area contributed by atoms with Crippen LogP contribution in [0.4, 0.5) is 0 Å². The molecular formula is C11H10ClNO2S. The molecule has 0 aliphatic carbocycles. The molecule has 2 aromatic rings. The average molecular weight is 256 g/mol. The van der Waals surface area contributed by atoms with E-state index in [1.165, 1.54) is 23.5 Å². The molecule has 1 aromatic carbocycles. The number of amides is 1. The van der Waals surface area contributed by atoms with Gasteiger partial charge in [-0.05, 0) is 17.5 Å². The third-order valence-corrected chi connectivity index (χ3v) is 3.87. The van der Waals surface area contributed by atoms with E-state index in [9.17, 15) is 4.79 Å². The van der Waals surface area contributed by atoms with Gasteiger partial charge in [0, 0.05) is 7.05 Å². The van der Waals surface area contributed by atoms with Crippen LogP contribution in [0.15, 0.2) is 24.3 Å². The van der Waals surface area contributed by atoms with Crippen LogP contribution in [0.2, 0.25) is 5.02 Å². The third-order valence-electron chi connectivity index (χ3n) is 2.27. The van der Waals surface area contributed by atoms with Gasteiger partial charge in [-0.15, -0.1) is 11.3 Å². The Balaban J connectivity index is 2.48. The molecule has 0 radical (unpaired) electrons. The first-order valence-corrected chi connectivity index (χ1v) is 5.83. The molecule has 0 atom stereocenters. The number of benzene rings is 1. The van der Waals surface area contributed by atoms with Crippen molar-refractivity contribution >= 4 is 38.9 Å². The standard InChI is InChI=1S/C11H10ClNO2S/c1-13(15-2)11(14)9-6-7-4-3-5-8(12)10(7)16-9/h3-6H,1-2H3. The molecule has 3 nitrogen and oxygen atoms in total. The maximum atomic E-state index is 11.8. The number of carbonyl (C=O) groups excluding carboxylic acids is 1. The van der Waals surface area contributed by atoms with Crippen LogP contribution in [-0.2, 0) is 4.84 Å². The van der Waals surface area contributed by atoms with Crippen LogP contribution in [0.25, 0.3) is 10.1 Å². The van der Waals surface area contributed by atoms with Crippen LogP contribution in [0.3, 0.4) is 0 Å². The van der Waals surface area contributed by atoms with Crippen LogP contribution >= 0.6 is 22.9 Å². The predicted molar refractivity (Wildman–Crippen MR) is 65.9 cm³/mol. The summed E-state index contributed by atoms with van der Waals surface area (Å²) in [5.74, 6) is -0.167. The number of halogens is 1. The Morgan fingerprint density at radius 3 is 2.88 bits per heavy atom. The van der Waals surface area contributed by atoms with Crippen molar-refractivity contribution in [1.82, 2.24) is 5.06 Å². The number of hydrogen-bond acceptors (Lipinski definition) is 3.